The topological polar surface area (TPSA) is 59.4 Å². The molecule has 0 aliphatic heterocycles. The maximum Gasteiger partial charge on any atom is 0.321 e. The molecular weight excluding hydrogens is 316 g/mol. The molecule has 0 aliphatic carbocycles. The number of amides is 2. The summed E-state index contributed by atoms with van der Waals surface area (Å²) >= 11 is 0. The van der Waals surface area contributed by atoms with E-state index in [2.05, 4.69) is 23.3 Å². The van der Waals surface area contributed by atoms with Crippen LogP contribution in [0.3, 0.4) is 0 Å². The van der Waals surface area contributed by atoms with E-state index in [9.17, 15) is 4.79 Å². The quantitative estimate of drug-likeness (QED) is 0.786. The van der Waals surface area contributed by atoms with E-state index >= 15 is 0 Å². The molecule has 0 aliphatic rings. The van der Waals surface area contributed by atoms with Crippen LogP contribution >= 0.6 is 0 Å². The Bertz CT molecular complexity index is 748. The Balaban J connectivity index is 1.94. The normalized spacial score (nSPS) is 11.4. The van der Waals surface area contributed by atoms with Crippen LogP contribution in [0.4, 0.5) is 10.5 Å². The zero-order chi connectivity index (χ0) is 18.2. The van der Waals surface area contributed by atoms with E-state index in [1.54, 1.807) is 22.8 Å². The predicted octanol–water partition coefficient (Wildman–Crippen LogP) is 3.36. The first kappa shape index (κ1) is 18.4. The Morgan fingerprint density at radius 3 is 3.04 bits per heavy atom. The summed E-state index contributed by atoms with van der Waals surface area (Å²) in [6, 6.07) is 7.19. The number of terminal acetylenes is 1. The molecule has 0 radical (unpaired) electrons. The van der Waals surface area contributed by atoms with Gasteiger partial charge in [0.1, 0.15) is 12.3 Å². The summed E-state index contributed by atoms with van der Waals surface area (Å²) in [6.45, 7) is 4.94. The van der Waals surface area contributed by atoms with Gasteiger partial charge in [0.15, 0.2) is 0 Å². The lowest BCUT2D eigenvalue weighted by Crippen LogP contribution is -2.30. The molecule has 2 amide bonds. The number of nitrogens with zero attached hydrogens (tertiary/aromatic N) is 3. The van der Waals surface area contributed by atoms with Crippen molar-refractivity contribution in [2.24, 2.45) is 0 Å². The first-order chi connectivity index (χ1) is 12.0. The molecule has 1 aromatic carbocycles. The van der Waals surface area contributed by atoms with Gasteiger partial charge < -0.3 is 15.0 Å². The molecule has 6 heteroatoms. The summed E-state index contributed by atoms with van der Waals surface area (Å²) in [6.07, 6.45) is 9.86. The van der Waals surface area contributed by atoms with Gasteiger partial charge >= 0.3 is 6.03 Å². The second-order valence-corrected chi connectivity index (χ2v) is 5.90. The zero-order valence-corrected chi connectivity index (χ0v) is 14.9. The molecule has 0 unspecified atom stereocenters. The van der Waals surface area contributed by atoms with Crippen LogP contribution in [0.25, 0.3) is 0 Å². The Kier molecular flexibility index (Phi) is 6.47. The number of carbonyl (C=O) groups excluding carboxylic acids is 1. The minimum atomic E-state index is -0.203. The molecule has 0 saturated heterocycles. The lowest BCUT2D eigenvalue weighted by Gasteiger charge is -2.18. The summed E-state index contributed by atoms with van der Waals surface area (Å²) in [5.41, 5.74) is 1.61. The van der Waals surface area contributed by atoms with Crippen LogP contribution in [0.15, 0.2) is 36.7 Å². The molecule has 1 N–H and O–H groups in total. The summed E-state index contributed by atoms with van der Waals surface area (Å²) in [7, 11) is 1.73. The second kappa shape index (κ2) is 8.78. The third-order valence-electron chi connectivity index (χ3n) is 3.70. The SMILES string of the molecule is C#CCn1cc(CN(C)C(=O)Nc2cccc(O[C@@H](C)CC)c2)cn1. The lowest BCUT2D eigenvalue weighted by molar-refractivity contribution is 0.217. The summed E-state index contributed by atoms with van der Waals surface area (Å²) in [5, 5.41) is 7.02. The fourth-order valence-corrected chi connectivity index (χ4v) is 2.20. The van der Waals surface area contributed by atoms with Crippen molar-refractivity contribution in [2.45, 2.75) is 39.5 Å². The average Bonchev–Trinajstić information content (AvgIpc) is 3.02. The maximum absolute atomic E-state index is 12.4. The fourth-order valence-electron chi connectivity index (χ4n) is 2.20. The van der Waals surface area contributed by atoms with E-state index in [1.165, 1.54) is 0 Å². The first-order valence-electron chi connectivity index (χ1n) is 8.25. The molecule has 2 rings (SSSR count). The minimum absolute atomic E-state index is 0.133. The molecule has 2 aromatic rings. The van der Waals surface area contributed by atoms with Crippen molar-refractivity contribution in [1.82, 2.24) is 14.7 Å². The monoisotopic (exact) mass is 340 g/mol. The highest BCUT2D eigenvalue weighted by Crippen LogP contribution is 2.19. The van der Waals surface area contributed by atoms with Gasteiger partial charge in [-0.2, -0.15) is 5.10 Å². The van der Waals surface area contributed by atoms with Crippen molar-refractivity contribution in [1.29, 1.82) is 0 Å². The predicted molar refractivity (Wildman–Crippen MR) is 98.4 cm³/mol. The zero-order valence-electron chi connectivity index (χ0n) is 14.9. The highest BCUT2D eigenvalue weighted by atomic mass is 16.5. The lowest BCUT2D eigenvalue weighted by atomic mass is 10.2. The van der Waals surface area contributed by atoms with E-state index in [1.807, 2.05) is 37.4 Å². The molecule has 132 valence electrons. The van der Waals surface area contributed by atoms with Gasteiger partial charge in [-0.1, -0.05) is 18.9 Å². The molecule has 0 fully saturated rings. The van der Waals surface area contributed by atoms with Crippen LogP contribution in [0.5, 0.6) is 5.75 Å². The number of aromatic nitrogens is 2. The van der Waals surface area contributed by atoms with E-state index in [0.717, 1.165) is 17.7 Å². The standard InChI is InChI=1S/C19H24N4O2/c1-5-10-23-14-16(12-20-23)13-22(4)19(24)21-17-8-7-9-18(11-17)25-15(3)6-2/h1,7-9,11-12,14-15H,6,10,13H2,2-4H3,(H,21,24)/t15-/m0/s1. The number of hydrogen-bond acceptors (Lipinski definition) is 3. The van der Waals surface area contributed by atoms with Gasteiger partial charge in [-0.15, -0.1) is 6.42 Å². The van der Waals surface area contributed by atoms with E-state index in [0.29, 0.717) is 18.8 Å². The number of benzene rings is 1. The van der Waals surface area contributed by atoms with Crippen molar-refractivity contribution in [2.75, 3.05) is 12.4 Å². The Morgan fingerprint density at radius 1 is 1.52 bits per heavy atom. The summed E-state index contributed by atoms with van der Waals surface area (Å²) in [5.74, 6) is 3.27. The Morgan fingerprint density at radius 2 is 2.32 bits per heavy atom. The second-order valence-electron chi connectivity index (χ2n) is 5.90. The van der Waals surface area contributed by atoms with E-state index in [4.69, 9.17) is 11.2 Å². The number of ether oxygens (including phenoxy) is 1. The van der Waals surface area contributed by atoms with Gasteiger partial charge in [0, 0.05) is 30.6 Å². The number of nitrogens with one attached hydrogen (secondary N) is 1. The van der Waals surface area contributed by atoms with Crippen molar-refractivity contribution in [3.63, 3.8) is 0 Å². The fraction of sp³-hybridized carbons (Fsp3) is 0.368. The molecule has 1 heterocycles. The van der Waals surface area contributed by atoms with Crippen molar-refractivity contribution in [3.05, 3.63) is 42.2 Å². The molecule has 1 aromatic heterocycles. The largest absolute Gasteiger partial charge is 0.491 e. The third kappa shape index (κ3) is 5.57. The van der Waals surface area contributed by atoms with Crippen molar-refractivity contribution in [3.8, 4) is 18.1 Å². The molecule has 0 spiro atoms. The average molecular weight is 340 g/mol. The van der Waals surface area contributed by atoms with Crippen LogP contribution in [0.1, 0.15) is 25.8 Å². The molecule has 0 bridgehead atoms. The minimum Gasteiger partial charge on any atom is -0.491 e. The van der Waals surface area contributed by atoms with Crippen LogP contribution in [0.2, 0.25) is 0 Å². The van der Waals surface area contributed by atoms with Gasteiger partial charge in [0.25, 0.3) is 0 Å². The van der Waals surface area contributed by atoms with Crippen LogP contribution in [-0.4, -0.2) is 33.9 Å². The molecule has 0 saturated carbocycles. The number of hydrogen-bond donors (Lipinski definition) is 1. The van der Waals surface area contributed by atoms with E-state index in [-0.39, 0.29) is 12.1 Å². The molecule has 6 nitrogen and oxygen atoms in total. The van der Waals surface area contributed by atoms with Gasteiger partial charge in [0.05, 0.1) is 18.8 Å². The van der Waals surface area contributed by atoms with Gasteiger partial charge in [-0.05, 0) is 25.5 Å². The molecule has 1 atom stereocenters. The number of anilines is 1. The Hall–Kier alpha value is -2.94. The smallest absolute Gasteiger partial charge is 0.321 e. The first-order valence-corrected chi connectivity index (χ1v) is 8.25. The van der Waals surface area contributed by atoms with Crippen LogP contribution < -0.4 is 10.1 Å². The van der Waals surface area contributed by atoms with Gasteiger partial charge in [-0.3, -0.25) is 4.68 Å². The van der Waals surface area contributed by atoms with Gasteiger partial charge in [0.2, 0.25) is 0 Å². The van der Waals surface area contributed by atoms with Crippen molar-refractivity contribution < 1.29 is 9.53 Å². The number of urea groups is 1. The highest BCUT2D eigenvalue weighted by molar-refractivity contribution is 5.89. The number of rotatable bonds is 7. The highest BCUT2D eigenvalue weighted by Gasteiger charge is 2.11. The van der Waals surface area contributed by atoms with Gasteiger partial charge in [-0.25, -0.2) is 4.79 Å². The summed E-state index contributed by atoms with van der Waals surface area (Å²) < 4.78 is 7.44. The summed E-state index contributed by atoms with van der Waals surface area (Å²) in [4.78, 5) is 13.9. The molecular formula is C19H24N4O2. The number of carbonyl (C=O) groups is 1. The Labute approximate surface area is 148 Å². The maximum atomic E-state index is 12.4. The van der Waals surface area contributed by atoms with Crippen molar-refractivity contribution >= 4 is 11.7 Å². The van der Waals surface area contributed by atoms with Crippen LogP contribution in [0, 0.1) is 12.3 Å². The van der Waals surface area contributed by atoms with Crippen LogP contribution in [-0.2, 0) is 13.1 Å². The van der Waals surface area contributed by atoms with E-state index < -0.39 is 0 Å². The molecule has 25 heavy (non-hydrogen) atoms. The third-order valence-corrected chi connectivity index (χ3v) is 3.70.